The van der Waals surface area contributed by atoms with Crippen LogP contribution >= 0.6 is 0 Å². The second-order valence-electron chi connectivity index (χ2n) is 3.97. The summed E-state index contributed by atoms with van der Waals surface area (Å²) in [5, 5.41) is 10.0. The van der Waals surface area contributed by atoms with E-state index in [1.807, 2.05) is 6.92 Å². The van der Waals surface area contributed by atoms with Crippen LogP contribution in [0, 0.1) is 0 Å². The van der Waals surface area contributed by atoms with Crippen LogP contribution in [0.15, 0.2) is 24.3 Å². The maximum Gasteiger partial charge on any atom is 0.416 e. The van der Waals surface area contributed by atoms with Crippen LogP contribution in [0.25, 0.3) is 0 Å². The average Bonchev–Trinajstić information content (AvgIpc) is 2.34. The summed E-state index contributed by atoms with van der Waals surface area (Å²) in [4.78, 5) is 0. The first-order valence-corrected chi connectivity index (χ1v) is 5.87. The van der Waals surface area contributed by atoms with Crippen LogP contribution in [0.1, 0.15) is 37.5 Å². The smallest absolute Gasteiger partial charge is 0.386 e. The highest BCUT2D eigenvalue weighted by Crippen LogP contribution is 2.31. The molecule has 0 aliphatic carbocycles. The molecule has 0 aliphatic heterocycles. The molecule has 5 heteroatoms. The Labute approximate surface area is 104 Å². The molecule has 18 heavy (non-hydrogen) atoms. The first-order chi connectivity index (χ1) is 8.40. The summed E-state index contributed by atoms with van der Waals surface area (Å²) in [6.07, 6.45) is -5.40. The van der Waals surface area contributed by atoms with E-state index < -0.39 is 23.9 Å². The molecule has 2 atom stereocenters. The maximum absolute atomic E-state index is 12.5. The van der Waals surface area contributed by atoms with Crippen molar-refractivity contribution < 1.29 is 23.0 Å². The highest BCUT2D eigenvalue weighted by molar-refractivity contribution is 5.27. The number of halogens is 3. The van der Waals surface area contributed by atoms with Gasteiger partial charge in [0.05, 0.1) is 11.7 Å². The average molecular weight is 262 g/mol. The highest BCUT2D eigenvalue weighted by atomic mass is 19.4. The molecule has 0 spiro atoms. The molecule has 0 amide bonds. The molecule has 2 unspecified atom stereocenters. The molecule has 102 valence electrons. The van der Waals surface area contributed by atoms with E-state index in [1.165, 1.54) is 12.1 Å². The molecule has 0 aromatic heterocycles. The van der Waals surface area contributed by atoms with E-state index >= 15 is 0 Å². The van der Waals surface area contributed by atoms with Crippen molar-refractivity contribution in [1.82, 2.24) is 0 Å². The van der Waals surface area contributed by atoms with Crippen LogP contribution in [0.3, 0.4) is 0 Å². The predicted octanol–water partition coefficient (Wildman–Crippen LogP) is 3.55. The van der Waals surface area contributed by atoms with Gasteiger partial charge in [0.2, 0.25) is 0 Å². The Morgan fingerprint density at radius 3 is 2.44 bits per heavy atom. The van der Waals surface area contributed by atoms with Crippen LogP contribution in [0.2, 0.25) is 0 Å². The SMILES string of the molecule is CCOC(CC)C(O)c1cccc(C(F)(F)F)c1. The fourth-order valence-electron chi connectivity index (χ4n) is 1.76. The third kappa shape index (κ3) is 3.71. The summed E-state index contributed by atoms with van der Waals surface area (Å²) >= 11 is 0. The Morgan fingerprint density at radius 1 is 1.28 bits per heavy atom. The van der Waals surface area contributed by atoms with Crippen molar-refractivity contribution in [1.29, 1.82) is 0 Å². The van der Waals surface area contributed by atoms with Crippen LogP contribution in [-0.2, 0) is 10.9 Å². The lowest BCUT2D eigenvalue weighted by Crippen LogP contribution is -2.22. The number of benzene rings is 1. The summed E-state index contributed by atoms with van der Waals surface area (Å²) in [7, 11) is 0. The van der Waals surface area contributed by atoms with E-state index in [2.05, 4.69) is 0 Å². The summed E-state index contributed by atoms with van der Waals surface area (Å²) in [5.74, 6) is 0. The molecule has 1 aromatic rings. The van der Waals surface area contributed by atoms with Crippen LogP contribution < -0.4 is 0 Å². The summed E-state index contributed by atoms with van der Waals surface area (Å²) < 4.78 is 42.9. The molecule has 0 bridgehead atoms. The van der Waals surface area contributed by atoms with Gasteiger partial charge in [-0.3, -0.25) is 0 Å². The van der Waals surface area contributed by atoms with Gasteiger partial charge in [0.1, 0.15) is 6.10 Å². The molecule has 1 N–H and O–H groups in total. The Kier molecular flexibility index (Phi) is 5.16. The lowest BCUT2D eigenvalue weighted by atomic mass is 10.0. The van der Waals surface area contributed by atoms with Gasteiger partial charge in [-0.2, -0.15) is 13.2 Å². The molecule has 0 aliphatic rings. The lowest BCUT2D eigenvalue weighted by molar-refractivity contribution is -0.137. The number of ether oxygens (including phenoxy) is 1. The lowest BCUT2D eigenvalue weighted by Gasteiger charge is -2.22. The van der Waals surface area contributed by atoms with Gasteiger partial charge < -0.3 is 9.84 Å². The standard InChI is InChI=1S/C13H17F3O2/c1-3-11(18-4-2)12(17)9-6-5-7-10(8-9)13(14,15)16/h5-8,11-12,17H,3-4H2,1-2H3. The number of aliphatic hydroxyl groups excluding tert-OH is 1. The van der Waals surface area contributed by atoms with Crippen molar-refractivity contribution in [2.75, 3.05) is 6.61 Å². The van der Waals surface area contributed by atoms with E-state index in [0.717, 1.165) is 12.1 Å². The van der Waals surface area contributed by atoms with Crippen molar-refractivity contribution in [2.24, 2.45) is 0 Å². The quantitative estimate of drug-likeness (QED) is 0.879. The van der Waals surface area contributed by atoms with Gasteiger partial charge >= 0.3 is 6.18 Å². The van der Waals surface area contributed by atoms with E-state index in [9.17, 15) is 18.3 Å². The van der Waals surface area contributed by atoms with Crippen molar-refractivity contribution in [3.05, 3.63) is 35.4 Å². The fourth-order valence-corrected chi connectivity index (χ4v) is 1.76. The minimum absolute atomic E-state index is 0.227. The first-order valence-electron chi connectivity index (χ1n) is 5.87. The molecule has 1 rings (SSSR count). The minimum Gasteiger partial charge on any atom is -0.386 e. The summed E-state index contributed by atoms with van der Waals surface area (Å²) in [5.41, 5.74) is -0.532. The first kappa shape index (κ1) is 15.0. The van der Waals surface area contributed by atoms with Gasteiger partial charge in [0, 0.05) is 6.61 Å². The Balaban J connectivity index is 2.95. The maximum atomic E-state index is 12.5. The molecular weight excluding hydrogens is 245 g/mol. The molecule has 2 nitrogen and oxygen atoms in total. The van der Waals surface area contributed by atoms with Crippen LogP contribution in [0.4, 0.5) is 13.2 Å². The van der Waals surface area contributed by atoms with E-state index in [1.54, 1.807) is 6.92 Å². The predicted molar refractivity (Wildman–Crippen MR) is 62.1 cm³/mol. The minimum atomic E-state index is -4.40. The molecule has 0 radical (unpaired) electrons. The molecule has 1 aromatic carbocycles. The zero-order valence-corrected chi connectivity index (χ0v) is 10.4. The number of rotatable bonds is 5. The van der Waals surface area contributed by atoms with Gasteiger partial charge in [0.15, 0.2) is 0 Å². The molecule has 0 saturated heterocycles. The van der Waals surface area contributed by atoms with Crippen molar-refractivity contribution >= 4 is 0 Å². The van der Waals surface area contributed by atoms with E-state index in [0.29, 0.717) is 13.0 Å². The van der Waals surface area contributed by atoms with Crippen molar-refractivity contribution in [2.45, 2.75) is 38.7 Å². The van der Waals surface area contributed by atoms with Crippen LogP contribution in [0.5, 0.6) is 0 Å². The van der Waals surface area contributed by atoms with Gasteiger partial charge in [0.25, 0.3) is 0 Å². The number of hydrogen-bond acceptors (Lipinski definition) is 2. The van der Waals surface area contributed by atoms with Crippen molar-refractivity contribution in [3.8, 4) is 0 Å². The number of hydrogen-bond donors (Lipinski definition) is 1. The van der Waals surface area contributed by atoms with Gasteiger partial charge in [-0.15, -0.1) is 0 Å². The number of alkyl halides is 3. The molecule has 0 fully saturated rings. The molecule has 0 saturated carbocycles. The third-order valence-electron chi connectivity index (χ3n) is 2.69. The zero-order chi connectivity index (χ0) is 13.8. The zero-order valence-electron chi connectivity index (χ0n) is 10.4. The van der Waals surface area contributed by atoms with Gasteiger partial charge in [-0.1, -0.05) is 19.1 Å². The van der Waals surface area contributed by atoms with Gasteiger partial charge in [-0.05, 0) is 31.0 Å². The molecule has 0 heterocycles. The topological polar surface area (TPSA) is 29.5 Å². The van der Waals surface area contributed by atoms with Gasteiger partial charge in [-0.25, -0.2) is 0 Å². The fraction of sp³-hybridized carbons (Fsp3) is 0.538. The Hall–Kier alpha value is -1.07. The number of aliphatic hydroxyl groups is 1. The summed E-state index contributed by atoms with van der Waals surface area (Å²) in [6, 6.07) is 4.71. The second-order valence-corrected chi connectivity index (χ2v) is 3.97. The summed E-state index contributed by atoms with van der Waals surface area (Å²) in [6.45, 7) is 4.01. The highest BCUT2D eigenvalue weighted by Gasteiger charge is 2.31. The Morgan fingerprint density at radius 2 is 1.94 bits per heavy atom. The Bertz CT molecular complexity index is 377. The van der Waals surface area contributed by atoms with Crippen LogP contribution in [-0.4, -0.2) is 17.8 Å². The monoisotopic (exact) mass is 262 g/mol. The van der Waals surface area contributed by atoms with E-state index in [4.69, 9.17) is 4.74 Å². The van der Waals surface area contributed by atoms with E-state index in [-0.39, 0.29) is 5.56 Å². The second kappa shape index (κ2) is 6.20. The van der Waals surface area contributed by atoms with Crippen molar-refractivity contribution in [3.63, 3.8) is 0 Å². The normalized spacial score (nSPS) is 15.4. The largest absolute Gasteiger partial charge is 0.416 e. The molecular formula is C13H17F3O2. The third-order valence-corrected chi connectivity index (χ3v) is 2.69.